The molecule has 7 nitrogen and oxygen atoms in total. The number of amides is 3. The highest BCUT2D eigenvalue weighted by Crippen LogP contribution is 2.22. The fourth-order valence-corrected chi connectivity index (χ4v) is 3.77. The Morgan fingerprint density at radius 2 is 1.45 bits per heavy atom. The summed E-state index contributed by atoms with van der Waals surface area (Å²) in [5, 5.41) is 0. The van der Waals surface area contributed by atoms with Crippen LogP contribution in [0, 0.1) is 0 Å². The molecule has 0 spiro atoms. The number of ether oxygens (including phenoxy) is 1. The highest BCUT2D eigenvalue weighted by Gasteiger charge is 2.35. The summed E-state index contributed by atoms with van der Waals surface area (Å²) in [6, 6.07) is 14.0. The maximum Gasteiger partial charge on any atom is 0.261 e. The quantitative estimate of drug-likeness (QED) is 0.724. The Kier molecular flexibility index (Phi) is 5.31. The van der Waals surface area contributed by atoms with Crippen LogP contribution in [0.3, 0.4) is 0 Å². The van der Waals surface area contributed by atoms with E-state index in [1.807, 2.05) is 4.90 Å². The number of hydrogen-bond acceptors (Lipinski definition) is 5. The predicted octanol–water partition coefficient (Wildman–Crippen LogP) is 1.75. The molecule has 2 aromatic carbocycles. The third-order valence-corrected chi connectivity index (χ3v) is 5.51. The second-order valence-electron chi connectivity index (χ2n) is 7.17. The maximum atomic E-state index is 12.7. The molecular weight excluding hydrogens is 370 g/mol. The highest BCUT2D eigenvalue weighted by atomic mass is 16.5. The van der Waals surface area contributed by atoms with Gasteiger partial charge in [-0.05, 0) is 36.4 Å². The number of benzene rings is 2. The molecule has 0 unspecified atom stereocenters. The van der Waals surface area contributed by atoms with E-state index < -0.39 is 0 Å². The molecule has 3 amide bonds. The zero-order valence-electron chi connectivity index (χ0n) is 16.3. The second-order valence-corrected chi connectivity index (χ2v) is 7.17. The molecule has 0 aromatic heterocycles. The molecule has 2 aromatic rings. The molecule has 1 saturated heterocycles. The summed E-state index contributed by atoms with van der Waals surface area (Å²) in [7, 11) is 1.60. The van der Waals surface area contributed by atoms with Gasteiger partial charge in [0.15, 0.2) is 0 Å². The van der Waals surface area contributed by atoms with Crippen molar-refractivity contribution in [2.45, 2.75) is 0 Å². The van der Waals surface area contributed by atoms with Crippen molar-refractivity contribution in [3.63, 3.8) is 0 Å². The van der Waals surface area contributed by atoms with Gasteiger partial charge in [-0.1, -0.05) is 12.1 Å². The lowest BCUT2D eigenvalue weighted by molar-refractivity contribution is 0.0578. The Bertz CT molecular complexity index is 898. The summed E-state index contributed by atoms with van der Waals surface area (Å²) in [6.07, 6.45) is 0. The minimum Gasteiger partial charge on any atom is -0.497 e. The van der Waals surface area contributed by atoms with Crippen LogP contribution in [0.25, 0.3) is 0 Å². The number of methoxy groups -OCH3 is 1. The van der Waals surface area contributed by atoms with Crippen molar-refractivity contribution < 1.29 is 19.1 Å². The molecule has 4 rings (SSSR count). The van der Waals surface area contributed by atoms with Gasteiger partial charge in [0.05, 0.1) is 18.2 Å². The number of piperazine rings is 1. The summed E-state index contributed by atoms with van der Waals surface area (Å²) in [6.45, 7) is 3.63. The average molecular weight is 393 g/mol. The monoisotopic (exact) mass is 393 g/mol. The summed E-state index contributed by atoms with van der Waals surface area (Å²) in [5.41, 5.74) is 1.60. The molecule has 0 saturated carbocycles. The highest BCUT2D eigenvalue weighted by molar-refractivity contribution is 6.21. The first-order valence-electron chi connectivity index (χ1n) is 9.69. The van der Waals surface area contributed by atoms with Gasteiger partial charge in [0.25, 0.3) is 17.7 Å². The molecule has 29 heavy (non-hydrogen) atoms. The van der Waals surface area contributed by atoms with Crippen molar-refractivity contribution in [2.75, 3.05) is 46.4 Å². The first-order chi connectivity index (χ1) is 14.1. The van der Waals surface area contributed by atoms with Crippen LogP contribution in [0.4, 0.5) is 0 Å². The molecule has 0 radical (unpaired) electrons. The Morgan fingerprint density at radius 3 is 2.00 bits per heavy atom. The zero-order chi connectivity index (χ0) is 20.4. The molecule has 0 aliphatic carbocycles. The van der Waals surface area contributed by atoms with E-state index in [-0.39, 0.29) is 17.7 Å². The molecule has 1 fully saturated rings. The van der Waals surface area contributed by atoms with Gasteiger partial charge >= 0.3 is 0 Å². The number of nitrogens with zero attached hydrogens (tertiary/aromatic N) is 3. The number of rotatable bonds is 5. The molecule has 150 valence electrons. The third kappa shape index (κ3) is 3.73. The average Bonchev–Trinajstić information content (AvgIpc) is 3.02. The Morgan fingerprint density at radius 1 is 0.862 bits per heavy atom. The van der Waals surface area contributed by atoms with Crippen molar-refractivity contribution in [1.29, 1.82) is 0 Å². The van der Waals surface area contributed by atoms with E-state index in [9.17, 15) is 14.4 Å². The molecule has 0 N–H and O–H groups in total. The number of carbonyl (C=O) groups is 3. The minimum atomic E-state index is -0.223. The van der Waals surface area contributed by atoms with Crippen LogP contribution in [-0.4, -0.2) is 78.8 Å². The van der Waals surface area contributed by atoms with E-state index >= 15 is 0 Å². The van der Waals surface area contributed by atoms with Crippen LogP contribution >= 0.6 is 0 Å². The largest absolute Gasteiger partial charge is 0.497 e. The van der Waals surface area contributed by atoms with Gasteiger partial charge in [-0.3, -0.25) is 24.2 Å². The lowest BCUT2D eigenvalue weighted by atomic mass is 10.1. The fraction of sp³-hybridized carbons (Fsp3) is 0.318. The van der Waals surface area contributed by atoms with Gasteiger partial charge in [0.2, 0.25) is 0 Å². The number of imide groups is 1. The number of fused-ring (bicyclic) bond motifs is 1. The van der Waals surface area contributed by atoms with Crippen molar-refractivity contribution in [3.8, 4) is 5.75 Å². The maximum absolute atomic E-state index is 12.7. The molecule has 2 aliphatic heterocycles. The summed E-state index contributed by atoms with van der Waals surface area (Å²) in [4.78, 5) is 42.9. The van der Waals surface area contributed by atoms with Crippen LogP contribution in [0.1, 0.15) is 31.1 Å². The minimum absolute atomic E-state index is 0.00708. The number of hydrogen-bond donors (Lipinski definition) is 0. The molecular formula is C22H23N3O4. The molecule has 0 atom stereocenters. The molecule has 2 heterocycles. The second kappa shape index (κ2) is 8.05. The van der Waals surface area contributed by atoms with Crippen molar-refractivity contribution in [3.05, 3.63) is 65.2 Å². The van der Waals surface area contributed by atoms with Crippen LogP contribution in [0.5, 0.6) is 5.75 Å². The van der Waals surface area contributed by atoms with Crippen molar-refractivity contribution in [2.24, 2.45) is 0 Å². The zero-order valence-corrected chi connectivity index (χ0v) is 16.3. The smallest absolute Gasteiger partial charge is 0.261 e. The van der Waals surface area contributed by atoms with E-state index in [2.05, 4.69) is 4.90 Å². The molecule has 0 bridgehead atoms. The van der Waals surface area contributed by atoms with Crippen LogP contribution in [0.15, 0.2) is 48.5 Å². The van der Waals surface area contributed by atoms with Gasteiger partial charge in [-0.25, -0.2) is 0 Å². The van der Waals surface area contributed by atoms with Gasteiger partial charge in [-0.15, -0.1) is 0 Å². The standard InChI is InChI=1S/C22H23N3O4/c1-29-17-8-6-16(7-9-17)20(26)24-13-10-23(11-14-24)12-15-25-21(27)18-4-2-3-5-19(18)22(25)28/h2-9H,10-15H2,1H3. The van der Waals surface area contributed by atoms with Gasteiger partial charge < -0.3 is 9.64 Å². The topological polar surface area (TPSA) is 70.2 Å². The van der Waals surface area contributed by atoms with Crippen LogP contribution < -0.4 is 4.74 Å². The van der Waals surface area contributed by atoms with E-state index in [1.165, 1.54) is 4.90 Å². The van der Waals surface area contributed by atoms with Gasteiger partial charge in [-0.2, -0.15) is 0 Å². The Balaban J connectivity index is 1.29. The number of carbonyl (C=O) groups excluding carboxylic acids is 3. The normalized spacial score (nSPS) is 16.9. The lowest BCUT2D eigenvalue weighted by Gasteiger charge is -2.35. The third-order valence-electron chi connectivity index (χ3n) is 5.51. The Labute approximate surface area is 169 Å². The SMILES string of the molecule is COc1ccc(C(=O)N2CCN(CCN3C(=O)c4ccccc4C3=O)CC2)cc1. The Hall–Kier alpha value is -3.19. The first-order valence-corrected chi connectivity index (χ1v) is 9.69. The van der Waals surface area contributed by atoms with E-state index in [0.29, 0.717) is 56.0 Å². The summed E-state index contributed by atoms with van der Waals surface area (Å²) < 4.78 is 5.13. The molecule has 2 aliphatic rings. The van der Waals surface area contributed by atoms with Crippen molar-refractivity contribution in [1.82, 2.24) is 14.7 Å². The van der Waals surface area contributed by atoms with Gasteiger partial charge in [0, 0.05) is 44.8 Å². The predicted molar refractivity (Wildman–Crippen MR) is 107 cm³/mol. The molecule has 7 heteroatoms. The fourth-order valence-electron chi connectivity index (χ4n) is 3.77. The summed E-state index contributed by atoms with van der Waals surface area (Å²) >= 11 is 0. The van der Waals surface area contributed by atoms with Crippen molar-refractivity contribution >= 4 is 17.7 Å². The van der Waals surface area contributed by atoms with Crippen LogP contribution in [0.2, 0.25) is 0 Å². The lowest BCUT2D eigenvalue weighted by Crippen LogP contribution is -2.50. The van der Waals surface area contributed by atoms with Gasteiger partial charge in [0.1, 0.15) is 5.75 Å². The van der Waals surface area contributed by atoms with E-state index in [1.54, 1.807) is 55.6 Å². The first kappa shape index (κ1) is 19.1. The van der Waals surface area contributed by atoms with E-state index in [0.717, 1.165) is 5.75 Å². The summed E-state index contributed by atoms with van der Waals surface area (Å²) in [5.74, 6) is 0.282. The van der Waals surface area contributed by atoms with E-state index in [4.69, 9.17) is 4.74 Å². The van der Waals surface area contributed by atoms with Crippen LogP contribution in [-0.2, 0) is 0 Å².